The van der Waals surface area contributed by atoms with Gasteiger partial charge in [0.15, 0.2) is 0 Å². The van der Waals surface area contributed by atoms with Gasteiger partial charge in [-0.1, -0.05) is 12.1 Å². The van der Waals surface area contributed by atoms with Crippen molar-refractivity contribution in [3.05, 3.63) is 36.0 Å². The van der Waals surface area contributed by atoms with E-state index in [1.54, 1.807) is 7.11 Å². The Bertz CT molecular complexity index is 703. The Morgan fingerprint density at radius 2 is 2.00 bits per heavy atom. The maximum atomic E-state index is 11.8. The predicted octanol–water partition coefficient (Wildman–Crippen LogP) is 0.425. The van der Waals surface area contributed by atoms with Crippen LogP contribution in [0.1, 0.15) is 0 Å². The van der Waals surface area contributed by atoms with Crippen molar-refractivity contribution in [2.24, 2.45) is 0 Å². The molecule has 1 amide bonds. The molecular formula is C17H20N4O4. The molecule has 2 rings (SSSR count). The van der Waals surface area contributed by atoms with Gasteiger partial charge in [0, 0.05) is 32.4 Å². The number of carboxylic acid groups (broad SMARTS) is 1. The van der Waals surface area contributed by atoms with Crippen LogP contribution in [0.15, 0.2) is 36.0 Å². The number of carbonyl (C=O) groups is 2. The van der Waals surface area contributed by atoms with E-state index >= 15 is 0 Å². The summed E-state index contributed by atoms with van der Waals surface area (Å²) in [5.74, 6) is -1.04. The summed E-state index contributed by atoms with van der Waals surface area (Å²) < 4.78 is 5.37. The number of anilines is 1. The minimum atomic E-state index is -1.16. The maximum Gasteiger partial charge on any atom is 0.322 e. The Kier molecular flexibility index (Phi) is 6.23. The molecule has 1 heterocycles. The SMILES string of the molecule is COc1ccccc1N1CCN(/C=C(/C#N)C(=O)NCC(=O)O)CC1. The molecular weight excluding hydrogens is 324 g/mol. The average molecular weight is 344 g/mol. The third kappa shape index (κ3) is 4.88. The molecule has 1 aromatic carbocycles. The molecule has 0 bridgehead atoms. The number of carbonyl (C=O) groups excluding carboxylic acids is 1. The van der Waals surface area contributed by atoms with Crippen molar-refractivity contribution < 1.29 is 19.4 Å². The summed E-state index contributed by atoms with van der Waals surface area (Å²) in [6, 6.07) is 9.57. The van der Waals surface area contributed by atoms with Gasteiger partial charge in [-0.3, -0.25) is 9.59 Å². The van der Waals surface area contributed by atoms with Gasteiger partial charge < -0.3 is 25.0 Å². The summed E-state index contributed by atoms with van der Waals surface area (Å²) in [6.07, 6.45) is 1.48. The fourth-order valence-corrected chi connectivity index (χ4v) is 2.55. The van der Waals surface area contributed by atoms with E-state index in [9.17, 15) is 9.59 Å². The minimum Gasteiger partial charge on any atom is -0.495 e. The van der Waals surface area contributed by atoms with Gasteiger partial charge in [0.25, 0.3) is 5.91 Å². The fraction of sp³-hybridized carbons (Fsp3) is 0.353. The Morgan fingerprint density at radius 1 is 1.32 bits per heavy atom. The van der Waals surface area contributed by atoms with Crippen LogP contribution in [0.4, 0.5) is 5.69 Å². The standard InChI is InChI=1S/C17H20N4O4/c1-25-15-5-3-2-4-14(15)21-8-6-20(7-9-21)12-13(10-18)17(24)19-11-16(22)23/h2-5,12H,6-9,11H2,1H3,(H,19,24)(H,22,23)/b13-12-. The largest absolute Gasteiger partial charge is 0.495 e. The van der Waals surface area contributed by atoms with Crippen LogP contribution in [-0.4, -0.2) is 61.7 Å². The number of hydrogen-bond acceptors (Lipinski definition) is 6. The van der Waals surface area contributed by atoms with Crippen LogP contribution in [0.5, 0.6) is 5.75 Å². The first-order valence-electron chi connectivity index (χ1n) is 7.79. The second-order valence-corrected chi connectivity index (χ2v) is 5.43. The molecule has 0 unspecified atom stereocenters. The van der Waals surface area contributed by atoms with E-state index in [2.05, 4.69) is 10.2 Å². The molecule has 1 saturated heterocycles. The predicted molar refractivity (Wildman–Crippen MR) is 91.1 cm³/mol. The van der Waals surface area contributed by atoms with Crippen molar-refractivity contribution in [1.82, 2.24) is 10.2 Å². The number of aliphatic carboxylic acids is 1. The molecule has 2 N–H and O–H groups in total. The van der Waals surface area contributed by atoms with Crippen LogP contribution in [0, 0.1) is 11.3 Å². The quantitative estimate of drug-likeness (QED) is 0.569. The number of hydrogen-bond donors (Lipinski definition) is 2. The van der Waals surface area contributed by atoms with Gasteiger partial charge in [-0.25, -0.2) is 0 Å². The first-order valence-corrected chi connectivity index (χ1v) is 7.79. The topological polar surface area (TPSA) is 106 Å². The van der Waals surface area contributed by atoms with Crippen molar-refractivity contribution in [3.63, 3.8) is 0 Å². The van der Waals surface area contributed by atoms with Gasteiger partial charge in [0.05, 0.1) is 12.8 Å². The third-order valence-corrected chi connectivity index (χ3v) is 3.82. The summed E-state index contributed by atoms with van der Waals surface area (Å²) in [7, 11) is 1.63. The van der Waals surface area contributed by atoms with Crippen molar-refractivity contribution >= 4 is 17.6 Å². The molecule has 0 saturated carbocycles. The number of methoxy groups -OCH3 is 1. The first kappa shape index (κ1) is 18.1. The molecule has 0 radical (unpaired) electrons. The molecule has 1 aromatic rings. The number of amides is 1. The van der Waals surface area contributed by atoms with E-state index in [1.165, 1.54) is 6.20 Å². The molecule has 1 fully saturated rings. The van der Waals surface area contributed by atoms with E-state index in [1.807, 2.05) is 35.2 Å². The average Bonchev–Trinajstić information content (AvgIpc) is 2.64. The van der Waals surface area contributed by atoms with Crippen LogP contribution in [0.2, 0.25) is 0 Å². The zero-order valence-electron chi connectivity index (χ0n) is 13.9. The van der Waals surface area contributed by atoms with E-state index in [4.69, 9.17) is 15.1 Å². The van der Waals surface area contributed by atoms with Gasteiger partial charge in [0.1, 0.15) is 23.9 Å². The van der Waals surface area contributed by atoms with Crippen molar-refractivity contribution in [3.8, 4) is 11.8 Å². The lowest BCUT2D eigenvalue weighted by Crippen LogP contribution is -2.44. The van der Waals surface area contributed by atoms with Crippen molar-refractivity contribution in [2.75, 3.05) is 44.7 Å². The van der Waals surface area contributed by atoms with Crippen LogP contribution < -0.4 is 15.0 Å². The van der Waals surface area contributed by atoms with Crippen LogP contribution >= 0.6 is 0 Å². The molecule has 1 aliphatic heterocycles. The van der Waals surface area contributed by atoms with E-state index in [0.717, 1.165) is 11.4 Å². The van der Waals surface area contributed by atoms with Crippen LogP contribution in [-0.2, 0) is 9.59 Å². The molecule has 0 aromatic heterocycles. The van der Waals surface area contributed by atoms with E-state index < -0.39 is 18.4 Å². The number of carboxylic acids is 1. The van der Waals surface area contributed by atoms with Gasteiger partial charge >= 0.3 is 5.97 Å². The molecule has 8 heteroatoms. The first-order chi connectivity index (χ1) is 12.0. The van der Waals surface area contributed by atoms with E-state index in [0.29, 0.717) is 26.2 Å². The van der Waals surface area contributed by atoms with Gasteiger partial charge in [0.2, 0.25) is 0 Å². The second-order valence-electron chi connectivity index (χ2n) is 5.43. The second kappa shape index (κ2) is 8.59. The highest BCUT2D eigenvalue weighted by molar-refractivity contribution is 5.98. The normalized spacial score (nSPS) is 14.6. The summed E-state index contributed by atoms with van der Waals surface area (Å²) >= 11 is 0. The monoisotopic (exact) mass is 344 g/mol. The Labute approximate surface area is 145 Å². The van der Waals surface area contributed by atoms with Gasteiger partial charge in [-0.2, -0.15) is 5.26 Å². The van der Waals surface area contributed by atoms with Crippen molar-refractivity contribution in [1.29, 1.82) is 5.26 Å². The molecule has 132 valence electrons. The third-order valence-electron chi connectivity index (χ3n) is 3.82. The number of ether oxygens (including phenoxy) is 1. The number of nitriles is 1. The molecule has 0 spiro atoms. The maximum absolute atomic E-state index is 11.8. The summed E-state index contributed by atoms with van der Waals surface area (Å²) in [5.41, 5.74) is 0.903. The highest BCUT2D eigenvalue weighted by atomic mass is 16.5. The highest BCUT2D eigenvalue weighted by Crippen LogP contribution is 2.28. The van der Waals surface area contributed by atoms with E-state index in [-0.39, 0.29) is 5.57 Å². The lowest BCUT2D eigenvalue weighted by atomic mass is 10.2. The zero-order chi connectivity index (χ0) is 18.2. The highest BCUT2D eigenvalue weighted by Gasteiger charge is 2.19. The molecule has 8 nitrogen and oxygen atoms in total. The molecule has 1 aliphatic rings. The van der Waals surface area contributed by atoms with Gasteiger partial charge in [-0.15, -0.1) is 0 Å². The minimum absolute atomic E-state index is 0.105. The number of nitrogens with one attached hydrogen (secondary N) is 1. The summed E-state index contributed by atoms with van der Waals surface area (Å²) in [5, 5.41) is 19.9. The number of rotatable bonds is 6. The van der Waals surface area contributed by atoms with Gasteiger partial charge in [-0.05, 0) is 12.1 Å². The molecule has 25 heavy (non-hydrogen) atoms. The zero-order valence-corrected chi connectivity index (χ0v) is 13.9. The van der Waals surface area contributed by atoms with Crippen molar-refractivity contribution in [2.45, 2.75) is 0 Å². The molecule has 0 atom stereocenters. The number of benzene rings is 1. The fourth-order valence-electron chi connectivity index (χ4n) is 2.55. The number of para-hydroxylation sites is 2. The Balaban J connectivity index is 1.98. The van der Waals surface area contributed by atoms with Crippen LogP contribution in [0.25, 0.3) is 0 Å². The summed E-state index contributed by atoms with van der Waals surface area (Å²) in [4.78, 5) is 26.3. The Morgan fingerprint density at radius 3 is 2.60 bits per heavy atom. The smallest absolute Gasteiger partial charge is 0.322 e. The molecule has 0 aliphatic carbocycles. The summed E-state index contributed by atoms with van der Waals surface area (Å²) in [6.45, 7) is 2.18. The lowest BCUT2D eigenvalue weighted by Gasteiger charge is -2.36. The lowest BCUT2D eigenvalue weighted by molar-refractivity contribution is -0.137. The number of nitrogens with zero attached hydrogens (tertiary/aromatic N) is 3. The number of piperazine rings is 1. The van der Waals surface area contributed by atoms with Crippen LogP contribution in [0.3, 0.4) is 0 Å². The Hall–Kier alpha value is -3.21.